The second kappa shape index (κ2) is 6.51. The van der Waals surface area contributed by atoms with Gasteiger partial charge in [-0.3, -0.25) is 0 Å². The van der Waals surface area contributed by atoms with Crippen LogP contribution in [0.2, 0.25) is 0 Å². The summed E-state index contributed by atoms with van der Waals surface area (Å²) in [5.41, 5.74) is 2.69. The molecule has 1 N–H and O–H groups in total. The van der Waals surface area contributed by atoms with Crippen LogP contribution in [0.4, 0.5) is 0 Å². The van der Waals surface area contributed by atoms with Crippen LogP contribution in [0.3, 0.4) is 0 Å². The van der Waals surface area contributed by atoms with Crippen LogP contribution in [-0.4, -0.2) is 11.5 Å². The molecule has 1 unspecified atom stereocenters. The van der Waals surface area contributed by atoms with Gasteiger partial charge in [0.2, 0.25) is 0 Å². The highest BCUT2D eigenvalue weighted by Crippen LogP contribution is 2.33. The topological polar surface area (TPSA) is 24.9 Å². The summed E-state index contributed by atoms with van der Waals surface area (Å²) in [4.78, 5) is 6.45. The van der Waals surface area contributed by atoms with Crippen molar-refractivity contribution < 1.29 is 0 Å². The molecule has 1 aliphatic carbocycles. The van der Waals surface area contributed by atoms with E-state index in [1.807, 2.05) is 11.3 Å². The van der Waals surface area contributed by atoms with Crippen molar-refractivity contribution in [2.45, 2.75) is 45.1 Å². The second-order valence-corrected chi connectivity index (χ2v) is 6.65. The first kappa shape index (κ1) is 13.8. The van der Waals surface area contributed by atoms with Gasteiger partial charge in [0.05, 0.1) is 16.7 Å². The molecule has 2 nitrogen and oxygen atoms in total. The van der Waals surface area contributed by atoms with Gasteiger partial charge >= 0.3 is 0 Å². The number of fused-ring (bicyclic) bond motifs is 1. The molecule has 0 saturated carbocycles. The molecule has 2 aromatic rings. The summed E-state index contributed by atoms with van der Waals surface area (Å²) in [7, 11) is 0. The predicted octanol–water partition coefficient (Wildman–Crippen LogP) is 4.11. The van der Waals surface area contributed by atoms with E-state index < -0.39 is 0 Å². The first-order valence-corrected chi connectivity index (χ1v) is 8.44. The minimum absolute atomic E-state index is 0.486. The average molecular weight is 286 g/mol. The Morgan fingerprint density at radius 1 is 1.30 bits per heavy atom. The van der Waals surface area contributed by atoms with Crippen LogP contribution in [0.5, 0.6) is 0 Å². The molecule has 20 heavy (non-hydrogen) atoms. The van der Waals surface area contributed by atoms with E-state index in [4.69, 9.17) is 4.98 Å². The van der Waals surface area contributed by atoms with Crippen molar-refractivity contribution in [1.82, 2.24) is 10.3 Å². The Balaban J connectivity index is 1.77. The third-order valence-corrected chi connectivity index (χ3v) is 4.97. The monoisotopic (exact) mass is 286 g/mol. The molecule has 0 aliphatic heterocycles. The third-order valence-electron chi connectivity index (χ3n) is 3.84. The summed E-state index contributed by atoms with van der Waals surface area (Å²) in [6, 6.07) is 11.1. The SMILES string of the molecule is CCCNC1CCCc2sc(Cc3ccccc3)nc21. The normalized spacial score (nSPS) is 17.9. The van der Waals surface area contributed by atoms with E-state index in [-0.39, 0.29) is 0 Å². The summed E-state index contributed by atoms with van der Waals surface area (Å²) >= 11 is 1.92. The van der Waals surface area contributed by atoms with Crippen molar-refractivity contribution in [3.63, 3.8) is 0 Å². The molecule has 0 radical (unpaired) electrons. The molecule has 3 heteroatoms. The number of hydrogen-bond acceptors (Lipinski definition) is 3. The lowest BCUT2D eigenvalue weighted by atomic mass is 9.97. The predicted molar refractivity (Wildman–Crippen MR) is 85.3 cm³/mol. The molecule has 1 aliphatic rings. The van der Waals surface area contributed by atoms with E-state index in [1.165, 1.54) is 46.8 Å². The molecule has 0 spiro atoms. The van der Waals surface area contributed by atoms with Crippen LogP contribution in [0, 0.1) is 0 Å². The minimum atomic E-state index is 0.486. The quantitative estimate of drug-likeness (QED) is 0.894. The molecule has 0 fully saturated rings. The molecule has 106 valence electrons. The van der Waals surface area contributed by atoms with Gasteiger partial charge in [0.25, 0.3) is 0 Å². The lowest BCUT2D eigenvalue weighted by Gasteiger charge is -2.22. The van der Waals surface area contributed by atoms with Crippen molar-refractivity contribution in [2.75, 3.05) is 6.54 Å². The Morgan fingerprint density at radius 2 is 2.15 bits per heavy atom. The van der Waals surface area contributed by atoms with Crippen LogP contribution in [0.15, 0.2) is 30.3 Å². The first-order valence-electron chi connectivity index (χ1n) is 7.62. The van der Waals surface area contributed by atoms with Crippen molar-refractivity contribution in [2.24, 2.45) is 0 Å². The minimum Gasteiger partial charge on any atom is -0.309 e. The number of nitrogens with zero attached hydrogens (tertiary/aromatic N) is 1. The van der Waals surface area contributed by atoms with Crippen LogP contribution >= 0.6 is 11.3 Å². The lowest BCUT2D eigenvalue weighted by Crippen LogP contribution is -2.25. The van der Waals surface area contributed by atoms with Crippen LogP contribution in [-0.2, 0) is 12.8 Å². The van der Waals surface area contributed by atoms with E-state index in [2.05, 4.69) is 42.6 Å². The Bertz CT molecular complexity index is 547. The van der Waals surface area contributed by atoms with Gasteiger partial charge in [0.15, 0.2) is 0 Å². The number of rotatable bonds is 5. The standard InChI is InChI=1S/C17H22N2S/c1-2-11-18-14-9-6-10-15-17(14)19-16(20-15)12-13-7-4-3-5-8-13/h3-5,7-8,14,18H,2,6,9-12H2,1H3. The van der Waals surface area contributed by atoms with Gasteiger partial charge in [-0.05, 0) is 37.8 Å². The number of thiazole rings is 1. The molecular weight excluding hydrogens is 264 g/mol. The number of hydrogen-bond donors (Lipinski definition) is 1. The third kappa shape index (κ3) is 3.10. The highest BCUT2D eigenvalue weighted by Gasteiger charge is 2.23. The summed E-state index contributed by atoms with van der Waals surface area (Å²) < 4.78 is 0. The van der Waals surface area contributed by atoms with Gasteiger partial charge in [0, 0.05) is 11.3 Å². The molecule has 3 rings (SSSR count). The van der Waals surface area contributed by atoms with E-state index in [1.54, 1.807) is 0 Å². The maximum atomic E-state index is 4.94. The van der Waals surface area contributed by atoms with Gasteiger partial charge in [-0.15, -0.1) is 11.3 Å². The van der Waals surface area contributed by atoms with Crippen LogP contribution < -0.4 is 5.32 Å². The molecule has 1 atom stereocenters. The maximum absolute atomic E-state index is 4.94. The van der Waals surface area contributed by atoms with Crippen molar-refractivity contribution >= 4 is 11.3 Å². The van der Waals surface area contributed by atoms with E-state index in [0.717, 1.165) is 13.0 Å². The largest absolute Gasteiger partial charge is 0.309 e. The zero-order valence-corrected chi connectivity index (χ0v) is 12.9. The highest BCUT2D eigenvalue weighted by molar-refractivity contribution is 7.11. The zero-order valence-electron chi connectivity index (χ0n) is 12.1. The molecule has 1 heterocycles. The Hall–Kier alpha value is -1.19. The second-order valence-electron chi connectivity index (χ2n) is 5.48. The molecular formula is C17H22N2S. The fraction of sp³-hybridized carbons (Fsp3) is 0.471. The van der Waals surface area contributed by atoms with Crippen molar-refractivity contribution in [3.8, 4) is 0 Å². The summed E-state index contributed by atoms with van der Waals surface area (Å²) in [5.74, 6) is 0. The molecule has 0 amide bonds. The molecule has 0 bridgehead atoms. The lowest BCUT2D eigenvalue weighted by molar-refractivity contribution is 0.454. The van der Waals surface area contributed by atoms with Gasteiger partial charge in [-0.1, -0.05) is 37.3 Å². The van der Waals surface area contributed by atoms with Crippen molar-refractivity contribution in [3.05, 3.63) is 51.5 Å². The fourth-order valence-electron chi connectivity index (χ4n) is 2.83. The van der Waals surface area contributed by atoms with Gasteiger partial charge < -0.3 is 5.32 Å². The summed E-state index contributed by atoms with van der Waals surface area (Å²) in [6.07, 6.45) is 5.90. The maximum Gasteiger partial charge on any atom is 0.0975 e. The van der Waals surface area contributed by atoms with E-state index in [9.17, 15) is 0 Å². The highest BCUT2D eigenvalue weighted by atomic mass is 32.1. The van der Waals surface area contributed by atoms with Crippen molar-refractivity contribution in [1.29, 1.82) is 0 Å². The summed E-state index contributed by atoms with van der Waals surface area (Å²) in [6.45, 7) is 3.31. The average Bonchev–Trinajstić information content (AvgIpc) is 2.89. The smallest absolute Gasteiger partial charge is 0.0975 e. The molecule has 0 saturated heterocycles. The van der Waals surface area contributed by atoms with E-state index in [0.29, 0.717) is 6.04 Å². The molecule has 1 aromatic heterocycles. The number of nitrogens with one attached hydrogen (secondary N) is 1. The zero-order chi connectivity index (χ0) is 13.8. The van der Waals surface area contributed by atoms with E-state index >= 15 is 0 Å². The van der Waals surface area contributed by atoms with Gasteiger partial charge in [0.1, 0.15) is 0 Å². The Labute approximate surface area is 125 Å². The number of aryl methyl sites for hydroxylation is 1. The fourth-order valence-corrected chi connectivity index (χ4v) is 4.04. The first-order chi connectivity index (χ1) is 9.86. The van der Waals surface area contributed by atoms with Gasteiger partial charge in [-0.2, -0.15) is 0 Å². The number of aromatic nitrogens is 1. The van der Waals surface area contributed by atoms with Crippen LogP contribution in [0.25, 0.3) is 0 Å². The number of benzene rings is 1. The Kier molecular flexibility index (Phi) is 4.48. The Morgan fingerprint density at radius 3 is 2.95 bits per heavy atom. The van der Waals surface area contributed by atoms with Crippen LogP contribution in [0.1, 0.15) is 53.4 Å². The van der Waals surface area contributed by atoms with Gasteiger partial charge in [-0.25, -0.2) is 4.98 Å². The summed E-state index contributed by atoms with van der Waals surface area (Å²) in [5, 5.41) is 4.92. The molecule has 1 aromatic carbocycles.